The lowest BCUT2D eigenvalue weighted by Crippen LogP contribution is -1.97. The third-order valence-corrected chi connectivity index (χ3v) is 3.46. The molecule has 2 rings (SSSR count). The van der Waals surface area contributed by atoms with E-state index in [-0.39, 0.29) is 11.8 Å². The van der Waals surface area contributed by atoms with Gasteiger partial charge in [0, 0.05) is 6.08 Å². The second kappa shape index (κ2) is 7.55. The van der Waals surface area contributed by atoms with Gasteiger partial charge in [0.05, 0.1) is 7.11 Å². The fraction of sp³-hybridized carbons (Fsp3) is 0.211. The van der Waals surface area contributed by atoms with Crippen LogP contribution >= 0.6 is 0 Å². The van der Waals surface area contributed by atoms with Crippen LogP contribution in [0.15, 0.2) is 60.2 Å². The van der Waals surface area contributed by atoms with E-state index in [1.54, 1.807) is 6.07 Å². The van der Waals surface area contributed by atoms with E-state index in [2.05, 4.69) is 10.8 Å². The van der Waals surface area contributed by atoms with E-state index in [1.807, 2.05) is 31.2 Å². The van der Waals surface area contributed by atoms with Crippen molar-refractivity contribution < 1.29 is 13.9 Å². The third kappa shape index (κ3) is 4.55. The maximum atomic E-state index is 13.3. The summed E-state index contributed by atoms with van der Waals surface area (Å²) in [5.74, 6) is -0.564. The number of halogens is 1. The van der Waals surface area contributed by atoms with Gasteiger partial charge in [-0.05, 0) is 48.6 Å². The molecule has 0 amide bonds. The molecule has 3 heteroatoms. The zero-order valence-corrected chi connectivity index (χ0v) is 12.8. The van der Waals surface area contributed by atoms with Gasteiger partial charge in [0.15, 0.2) is 0 Å². The molecule has 0 saturated carbocycles. The average molecular weight is 298 g/mol. The van der Waals surface area contributed by atoms with E-state index in [1.165, 1.54) is 25.3 Å². The van der Waals surface area contributed by atoms with Gasteiger partial charge >= 0.3 is 5.97 Å². The summed E-state index contributed by atoms with van der Waals surface area (Å²) in [4.78, 5) is 11.2. The van der Waals surface area contributed by atoms with Crippen LogP contribution in [-0.2, 0) is 16.0 Å². The minimum absolute atomic E-state index is 0.236. The van der Waals surface area contributed by atoms with Crippen LogP contribution in [0.2, 0.25) is 0 Å². The summed E-state index contributed by atoms with van der Waals surface area (Å²) < 4.78 is 17.9. The van der Waals surface area contributed by atoms with Crippen LogP contribution < -0.4 is 0 Å². The molecule has 0 saturated heterocycles. The third-order valence-electron chi connectivity index (χ3n) is 3.46. The first-order valence-electron chi connectivity index (χ1n) is 7.18. The number of carbonyl (C=O) groups excluding carboxylic acids is 1. The van der Waals surface area contributed by atoms with E-state index in [0.717, 1.165) is 35.1 Å². The van der Waals surface area contributed by atoms with Crippen molar-refractivity contribution in [2.24, 2.45) is 0 Å². The Bertz CT molecular complexity index is 689. The van der Waals surface area contributed by atoms with Gasteiger partial charge in [-0.2, -0.15) is 0 Å². The van der Waals surface area contributed by atoms with Gasteiger partial charge in [0.2, 0.25) is 0 Å². The summed E-state index contributed by atoms with van der Waals surface area (Å²) in [5.41, 5.74) is 3.98. The van der Waals surface area contributed by atoms with Crippen LogP contribution in [0.1, 0.15) is 18.9 Å². The van der Waals surface area contributed by atoms with Crippen molar-refractivity contribution in [3.8, 4) is 11.1 Å². The lowest BCUT2D eigenvalue weighted by molar-refractivity contribution is -0.134. The molecule has 0 heterocycles. The molecule has 2 aromatic carbocycles. The molecule has 0 bridgehead atoms. The van der Waals surface area contributed by atoms with Crippen molar-refractivity contribution in [1.82, 2.24) is 0 Å². The number of ether oxygens (including phenoxy) is 1. The summed E-state index contributed by atoms with van der Waals surface area (Å²) in [5, 5.41) is 0. The highest BCUT2D eigenvalue weighted by molar-refractivity contribution is 5.82. The van der Waals surface area contributed by atoms with Gasteiger partial charge in [0.1, 0.15) is 5.82 Å². The lowest BCUT2D eigenvalue weighted by atomic mass is 9.99. The van der Waals surface area contributed by atoms with Crippen molar-refractivity contribution in [1.29, 1.82) is 0 Å². The molecular formula is C19H19FO2. The van der Waals surface area contributed by atoms with Gasteiger partial charge in [0.25, 0.3) is 0 Å². The maximum Gasteiger partial charge on any atom is 0.330 e. The van der Waals surface area contributed by atoms with E-state index >= 15 is 0 Å². The Balaban J connectivity index is 2.09. The fourth-order valence-corrected chi connectivity index (χ4v) is 2.25. The van der Waals surface area contributed by atoms with Gasteiger partial charge < -0.3 is 4.74 Å². The second-order valence-electron chi connectivity index (χ2n) is 5.22. The van der Waals surface area contributed by atoms with Gasteiger partial charge in [-0.25, -0.2) is 9.18 Å². The lowest BCUT2D eigenvalue weighted by Gasteiger charge is -2.06. The Morgan fingerprint density at radius 3 is 2.50 bits per heavy atom. The Kier molecular flexibility index (Phi) is 5.48. The summed E-state index contributed by atoms with van der Waals surface area (Å²) >= 11 is 0. The molecular weight excluding hydrogens is 279 g/mol. The quantitative estimate of drug-likeness (QED) is 0.598. The monoisotopic (exact) mass is 298 g/mol. The van der Waals surface area contributed by atoms with E-state index < -0.39 is 0 Å². The molecule has 0 aromatic heterocycles. The molecule has 0 fully saturated rings. The van der Waals surface area contributed by atoms with Crippen LogP contribution in [0.4, 0.5) is 4.39 Å². The topological polar surface area (TPSA) is 26.3 Å². The summed E-state index contributed by atoms with van der Waals surface area (Å²) in [6.07, 6.45) is 3.11. The normalized spacial score (nSPS) is 11.3. The Morgan fingerprint density at radius 1 is 1.14 bits per heavy atom. The molecule has 0 aliphatic heterocycles. The van der Waals surface area contributed by atoms with E-state index in [4.69, 9.17) is 0 Å². The van der Waals surface area contributed by atoms with Crippen LogP contribution in [0.3, 0.4) is 0 Å². The van der Waals surface area contributed by atoms with Crippen LogP contribution in [0, 0.1) is 5.82 Å². The minimum Gasteiger partial charge on any atom is -0.466 e. The molecule has 2 nitrogen and oxygen atoms in total. The smallest absolute Gasteiger partial charge is 0.330 e. The first kappa shape index (κ1) is 16.0. The molecule has 0 aliphatic rings. The molecule has 2 aromatic rings. The zero-order valence-electron chi connectivity index (χ0n) is 12.8. The van der Waals surface area contributed by atoms with Crippen molar-refractivity contribution in [3.05, 3.63) is 71.6 Å². The molecule has 22 heavy (non-hydrogen) atoms. The van der Waals surface area contributed by atoms with Gasteiger partial charge in [-0.3, -0.25) is 0 Å². The number of aryl methyl sites for hydroxylation is 1. The van der Waals surface area contributed by atoms with Crippen LogP contribution in [0.25, 0.3) is 11.1 Å². The number of esters is 1. The number of allylic oxidation sites excluding steroid dienone is 1. The van der Waals surface area contributed by atoms with Crippen LogP contribution in [0.5, 0.6) is 0 Å². The predicted octanol–water partition coefficient (Wildman–Crippen LogP) is 4.54. The Hall–Kier alpha value is -2.42. The predicted molar refractivity (Wildman–Crippen MR) is 85.9 cm³/mol. The molecule has 0 aliphatic carbocycles. The summed E-state index contributed by atoms with van der Waals surface area (Å²) in [6.45, 7) is 1.91. The molecule has 0 unspecified atom stereocenters. The minimum atomic E-state index is -0.328. The van der Waals surface area contributed by atoms with Crippen molar-refractivity contribution in [2.75, 3.05) is 7.11 Å². The number of methoxy groups -OCH3 is 1. The van der Waals surface area contributed by atoms with Crippen molar-refractivity contribution >= 4 is 5.97 Å². The SMILES string of the molecule is COC(=O)/C=C(\C)CCc1cccc(-c2cccc(F)c2)c1. The number of hydrogen-bond donors (Lipinski definition) is 0. The highest BCUT2D eigenvalue weighted by Crippen LogP contribution is 2.22. The zero-order chi connectivity index (χ0) is 15.9. The van der Waals surface area contributed by atoms with E-state index in [9.17, 15) is 9.18 Å². The summed E-state index contributed by atoms with van der Waals surface area (Å²) in [6, 6.07) is 14.6. The van der Waals surface area contributed by atoms with Crippen molar-refractivity contribution in [3.63, 3.8) is 0 Å². The van der Waals surface area contributed by atoms with E-state index in [0.29, 0.717) is 0 Å². The van der Waals surface area contributed by atoms with Gasteiger partial charge in [-0.15, -0.1) is 0 Å². The molecule has 0 spiro atoms. The molecule has 0 N–H and O–H groups in total. The fourth-order valence-electron chi connectivity index (χ4n) is 2.25. The van der Waals surface area contributed by atoms with Crippen molar-refractivity contribution in [2.45, 2.75) is 19.8 Å². The number of carbonyl (C=O) groups is 1. The standard InChI is InChI=1S/C19H19FO2/c1-14(11-19(21)22-2)9-10-15-5-3-6-16(12-15)17-7-4-8-18(20)13-17/h3-8,11-13H,9-10H2,1-2H3/b14-11+. The summed E-state index contributed by atoms with van der Waals surface area (Å²) in [7, 11) is 1.37. The van der Waals surface area contributed by atoms with Crippen LogP contribution in [-0.4, -0.2) is 13.1 Å². The number of hydrogen-bond acceptors (Lipinski definition) is 2. The second-order valence-corrected chi connectivity index (χ2v) is 5.22. The largest absolute Gasteiger partial charge is 0.466 e. The maximum absolute atomic E-state index is 13.3. The Labute approximate surface area is 130 Å². The Morgan fingerprint density at radius 2 is 1.82 bits per heavy atom. The first-order chi connectivity index (χ1) is 10.6. The number of benzene rings is 2. The average Bonchev–Trinajstić information content (AvgIpc) is 2.53. The highest BCUT2D eigenvalue weighted by atomic mass is 19.1. The molecule has 0 radical (unpaired) electrons. The highest BCUT2D eigenvalue weighted by Gasteiger charge is 2.02. The molecule has 0 atom stereocenters. The molecule has 114 valence electrons. The number of rotatable bonds is 5. The van der Waals surface area contributed by atoms with Gasteiger partial charge in [-0.1, -0.05) is 42.0 Å². The first-order valence-corrected chi connectivity index (χ1v) is 7.18.